The predicted octanol–water partition coefficient (Wildman–Crippen LogP) is 1.56. The van der Waals surface area contributed by atoms with Crippen LogP contribution in [0.5, 0.6) is 0 Å². The number of rotatable bonds is 2. The molecular formula is C6H6NO3. The van der Waals surface area contributed by atoms with Gasteiger partial charge in [-0.3, -0.25) is 10.1 Å². The fourth-order valence-electron chi connectivity index (χ4n) is 0.599. The normalized spacial score (nSPS) is 9.70. The van der Waals surface area contributed by atoms with Gasteiger partial charge in [-0.25, -0.2) is 0 Å². The Morgan fingerprint density at radius 3 is 2.70 bits per heavy atom. The summed E-state index contributed by atoms with van der Waals surface area (Å²) in [6.45, 7) is 3.51. The van der Waals surface area contributed by atoms with Crippen LogP contribution in [0.1, 0.15) is 5.76 Å². The molecule has 0 fully saturated rings. The van der Waals surface area contributed by atoms with E-state index < -0.39 is 4.92 Å². The molecule has 1 radical (unpaired) electrons. The quantitative estimate of drug-likeness (QED) is 0.462. The molecule has 1 rings (SSSR count). The van der Waals surface area contributed by atoms with E-state index in [4.69, 9.17) is 4.42 Å². The molecule has 0 aliphatic heterocycles. The molecule has 1 aromatic heterocycles. The number of hydrogen-bond donors (Lipinski definition) is 0. The Morgan fingerprint density at radius 2 is 2.40 bits per heavy atom. The van der Waals surface area contributed by atoms with Crippen molar-refractivity contribution in [1.82, 2.24) is 0 Å². The highest BCUT2D eigenvalue weighted by Gasteiger charge is 2.09. The summed E-state index contributed by atoms with van der Waals surface area (Å²) in [5, 5.41) is 10.0. The number of furan rings is 1. The molecule has 0 bridgehead atoms. The topological polar surface area (TPSA) is 56.3 Å². The maximum absolute atomic E-state index is 10.0. The third-order valence-corrected chi connectivity index (χ3v) is 1.07. The van der Waals surface area contributed by atoms with Crippen molar-refractivity contribution in [2.45, 2.75) is 6.42 Å². The lowest BCUT2D eigenvalue weighted by atomic mass is 10.4. The number of hydrogen-bond acceptors (Lipinski definition) is 3. The molecule has 0 aliphatic carbocycles. The molecule has 0 aliphatic rings. The van der Waals surface area contributed by atoms with Gasteiger partial charge in [0.1, 0.15) is 10.7 Å². The summed E-state index contributed by atoms with van der Waals surface area (Å²) < 4.78 is 4.73. The van der Waals surface area contributed by atoms with Crippen LogP contribution >= 0.6 is 0 Å². The molecule has 10 heavy (non-hydrogen) atoms. The van der Waals surface area contributed by atoms with Crippen LogP contribution in [0.2, 0.25) is 0 Å². The number of nitrogens with zero attached hydrogens (tertiary/aromatic N) is 1. The lowest BCUT2D eigenvalue weighted by Crippen LogP contribution is -1.82. The first kappa shape index (κ1) is 6.80. The van der Waals surface area contributed by atoms with Gasteiger partial charge < -0.3 is 4.42 Å². The largest absolute Gasteiger partial charge is 0.433 e. The van der Waals surface area contributed by atoms with E-state index in [-0.39, 0.29) is 5.88 Å². The predicted molar refractivity (Wildman–Crippen MR) is 34.4 cm³/mol. The van der Waals surface area contributed by atoms with Gasteiger partial charge in [0.15, 0.2) is 0 Å². The molecule has 0 saturated carbocycles. The molecule has 4 heteroatoms. The zero-order valence-electron chi connectivity index (χ0n) is 5.24. The third kappa shape index (κ3) is 1.15. The Morgan fingerprint density at radius 1 is 1.70 bits per heavy atom. The smallest absolute Gasteiger partial charge is 0.406 e. The molecule has 1 heterocycles. The third-order valence-electron chi connectivity index (χ3n) is 1.07. The van der Waals surface area contributed by atoms with E-state index in [1.807, 2.05) is 0 Å². The zero-order chi connectivity index (χ0) is 7.56. The Balaban J connectivity index is 2.88. The Hall–Kier alpha value is -1.32. The minimum absolute atomic E-state index is 0.223. The van der Waals surface area contributed by atoms with Crippen LogP contribution in [0.4, 0.5) is 5.88 Å². The zero-order valence-corrected chi connectivity index (χ0v) is 5.24. The highest BCUT2D eigenvalue weighted by molar-refractivity contribution is 5.17. The van der Waals surface area contributed by atoms with Crippen LogP contribution in [0, 0.1) is 17.0 Å². The van der Waals surface area contributed by atoms with Gasteiger partial charge in [-0.1, -0.05) is 0 Å². The first-order valence-corrected chi connectivity index (χ1v) is 2.76. The average Bonchev–Trinajstić information content (AvgIpc) is 2.34. The standard InChI is InChI=1S/C6H6NO3/c1-2-5-3-4-6(10-5)7(8)9/h3-4H,1-2H2. The van der Waals surface area contributed by atoms with Crippen molar-refractivity contribution in [2.75, 3.05) is 0 Å². The van der Waals surface area contributed by atoms with Crippen molar-refractivity contribution < 1.29 is 9.34 Å². The van der Waals surface area contributed by atoms with Gasteiger partial charge in [0, 0.05) is 6.42 Å². The van der Waals surface area contributed by atoms with E-state index in [2.05, 4.69) is 6.92 Å². The van der Waals surface area contributed by atoms with E-state index in [0.29, 0.717) is 12.2 Å². The highest BCUT2D eigenvalue weighted by Crippen LogP contribution is 2.15. The summed E-state index contributed by atoms with van der Waals surface area (Å²) in [4.78, 5) is 9.45. The van der Waals surface area contributed by atoms with Gasteiger partial charge in [0.25, 0.3) is 0 Å². The van der Waals surface area contributed by atoms with Crippen molar-refractivity contribution in [3.05, 3.63) is 34.9 Å². The Labute approximate surface area is 57.6 Å². The molecule has 0 unspecified atom stereocenters. The molecule has 53 valence electrons. The lowest BCUT2D eigenvalue weighted by Gasteiger charge is -1.83. The second-order valence-corrected chi connectivity index (χ2v) is 1.75. The van der Waals surface area contributed by atoms with Crippen LogP contribution in [0.15, 0.2) is 16.5 Å². The maximum Gasteiger partial charge on any atom is 0.433 e. The minimum Gasteiger partial charge on any atom is -0.406 e. The van der Waals surface area contributed by atoms with Crippen molar-refractivity contribution >= 4 is 5.88 Å². The first-order chi connectivity index (χ1) is 4.74. The second-order valence-electron chi connectivity index (χ2n) is 1.75. The maximum atomic E-state index is 10.0. The van der Waals surface area contributed by atoms with Crippen LogP contribution in [0.3, 0.4) is 0 Å². The van der Waals surface area contributed by atoms with Crippen molar-refractivity contribution in [3.8, 4) is 0 Å². The van der Waals surface area contributed by atoms with Crippen LogP contribution in [-0.2, 0) is 6.42 Å². The van der Waals surface area contributed by atoms with Gasteiger partial charge >= 0.3 is 5.88 Å². The lowest BCUT2D eigenvalue weighted by molar-refractivity contribution is -0.402. The van der Waals surface area contributed by atoms with E-state index >= 15 is 0 Å². The van der Waals surface area contributed by atoms with Gasteiger partial charge in [-0.15, -0.1) is 0 Å². The van der Waals surface area contributed by atoms with Crippen molar-refractivity contribution in [2.24, 2.45) is 0 Å². The van der Waals surface area contributed by atoms with Gasteiger partial charge in [0.2, 0.25) is 0 Å². The monoisotopic (exact) mass is 140 g/mol. The van der Waals surface area contributed by atoms with Gasteiger partial charge in [-0.2, -0.15) is 0 Å². The molecule has 1 aromatic rings. The summed E-state index contributed by atoms with van der Waals surface area (Å²) in [6, 6.07) is 2.87. The summed E-state index contributed by atoms with van der Waals surface area (Å²) in [5.74, 6) is 0.311. The average molecular weight is 140 g/mol. The first-order valence-electron chi connectivity index (χ1n) is 2.76. The van der Waals surface area contributed by atoms with E-state index in [0.717, 1.165) is 0 Å². The van der Waals surface area contributed by atoms with Crippen molar-refractivity contribution in [1.29, 1.82) is 0 Å². The van der Waals surface area contributed by atoms with E-state index in [1.165, 1.54) is 6.07 Å². The van der Waals surface area contributed by atoms with Gasteiger partial charge in [0.05, 0.1) is 6.07 Å². The minimum atomic E-state index is -0.570. The van der Waals surface area contributed by atoms with Crippen LogP contribution in [-0.4, -0.2) is 4.92 Å². The van der Waals surface area contributed by atoms with Crippen LogP contribution < -0.4 is 0 Å². The van der Waals surface area contributed by atoms with Crippen molar-refractivity contribution in [3.63, 3.8) is 0 Å². The fraction of sp³-hybridized carbons (Fsp3) is 0.167. The number of nitro groups is 1. The molecule has 0 aromatic carbocycles. The van der Waals surface area contributed by atoms with Crippen LogP contribution in [0.25, 0.3) is 0 Å². The molecule has 0 atom stereocenters. The highest BCUT2D eigenvalue weighted by atomic mass is 16.6. The molecular weight excluding hydrogens is 134 g/mol. The Kier molecular flexibility index (Phi) is 1.71. The van der Waals surface area contributed by atoms with E-state index in [1.54, 1.807) is 6.07 Å². The second kappa shape index (κ2) is 2.51. The summed E-state index contributed by atoms with van der Waals surface area (Å²) in [5.41, 5.74) is 0. The summed E-state index contributed by atoms with van der Waals surface area (Å²) >= 11 is 0. The molecule has 4 nitrogen and oxygen atoms in total. The molecule has 0 N–H and O–H groups in total. The SMILES string of the molecule is [CH2]Cc1ccc([N+](=O)[O-])o1. The summed E-state index contributed by atoms with van der Waals surface area (Å²) in [6.07, 6.45) is 0.438. The molecule has 0 saturated heterocycles. The summed E-state index contributed by atoms with van der Waals surface area (Å²) in [7, 11) is 0. The molecule has 0 spiro atoms. The molecule has 0 amide bonds. The van der Waals surface area contributed by atoms with Gasteiger partial charge in [-0.05, 0) is 13.0 Å². The fourth-order valence-corrected chi connectivity index (χ4v) is 0.599. The van der Waals surface area contributed by atoms with E-state index in [9.17, 15) is 10.1 Å². The Bertz CT molecular complexity index is 241.